The van der Waals surface area contributed by atoms with Gasteiger partial charge in [-0.05, 0) is 18.8 Å². The first-order valence-electron chi connectivity index (χ1n) is 6.52. The molecule has 4 N–H and O–H groups in total. The average molecular weight is 267 g/mol. The molecule has 2 rings (SSSR count). The minimum atomic E-state index is -0.702. The third kappa shape index (κ3) is 3.66. The van der Waals surface area contributed by atoms with Crippen LogP contribution in [0.4, 0.5) is 11.9 Å². The summed E-state index contributed by atoms with van der Waals surface area (Å²) in [5.41, 5.74) is 4.85. The number of rotatable bonds is 4. The van der Waals surface area contributed by atoms with Crippen molar-refractivity contribution in [2.75, 3.05) is 24.7 Å². The molecule has 2 unspecified atom stereocenters. The Morgan fingerprint density at radius 3 is 2.95 bits per heavy atom. The summed E-state index contributed by atoms with van der Waals surface area (Å²) in [7, 11) is 1.47. The van der Waals surface area contributed by atoms with Crippen LogP contribution in [-0.4, -0.2) is 39.3 Å². The predicted molar refractivity (Wildman–Crippen MR) is 71.9 cm³/mol. The summed E-state index contributed by atoms with van der Waals surface area (Å²) in [4.78, 5) is 11.8. The fraction of sp³-hybridized carbons (Fsp3) is 0.750. The number of methoxy groups -OCH3 is 1. The molecule has 1 aromatic heterocycles. The van der Waals surface area contributed by atoms with E-state index in [0.29, 0.717) is 18.4 Å². The van der Waals surface area contributed by atoms with Gasteiger partial charge in [0.15, 0.2) is 0 Å². The van der Waals surface area contributed by atoms with E-state index in [-0.39, 0.29) is 12.0 Å². The van der Waals surface area contributed by atoms with Gasteiger partial charge < -0.3 is 20.9 Å². The zero-order valence-corrected chi connectivity index (χ0v) is 11.4. The van der Waals surface area contributed by atoms with Gasteiger partial charge in [0.2, 0.25) is 11.9 Å². The summed E-state index contributed by atoms with van der Waals surface area (Å²) in [6.45, 7) is 2.57. The number of nitrogens with zero attached hydrogens (tertiary/aromatic N) is 3. The second-order valence-electron chi connectivity index (χ2n) is 5.28. The van der Waals surface area contributed by atoms with E-state index in [9.17, 15) is 5.11 Å². The van der Waals surface area contributed by atoms with Crippen molar-refractivity contribution in [1.82, 2.24) is 15.0 Å². The number of aliphatic hydroxyl groups is 1. The number of anilines is 2. The van der Waals surface area contributed by atoms with Crippen molar-refractivity contribution in [2.45, 2.75) is 38.2 Å². The molecular weight excluding hydrogens is 246 g/mol. The van der Waals surface area contributed by atoms with Crippen LogP contribution in [0.5, 0.6) is 6.01 Å². The van der Waals surface area contributed by atoms with Crippen LogP contribution >= 0.6 is 0 Å². The van der Waals surface area contributed by atoms with Gasteiger partial charge in [-0.1, -0.05) is 19.8 Å². The van der Waals surface area contributed by atoms with Gasteiger partial charge in [0.1, 0.15) is 0 Å². The molecule has 0 radical (unpaired) electrons. The van der Waals surface area contributed by atoms with Crippen molar-refractivity contribution in [1.29, 1.82) is 0 Å². The van der Waals surface area contributed by atoms with E-state index < -0.39 is 5.60 Å². The third-order valence-electron chi connectivity index (χ3n) is 3.46. The van der Waals surface area contributed by atoms with Crippen molar-refractivity contribution in [3.8, 4) is 6.01 Å². The van der Waals surface area contributed by atoms with E-state index in [1.165, 1.54) is 13.5 Å². The number of aromatic nitrogens is 3. The van der Waals surface area contributed by atoms with E-state index in [1.54, 1.807) is 0 Å². The van der Waals surface area contributed by atoms with Crippen molar-refractivity contribution >= 4 is 11.9 Å². The smallest absolute Gasteiger partial charge is 0.322 e. The third-order valence-corrected chi connectivity index (χ3v) is 3.46. The molecule has 0 bridgehead atoms. The highest BCUT2D eigenvalue weighted by molar-refractivity contribution is 5.33. The van der Waals surface area contributed by atoms with Gasteiger partial charge in [0.05, 0.1) is 12.7 Å². The molecular formula is C12H21N5O2. The Balaban J connectivity index is 1.99. The van der Waals surface area contributed by atoms with Gasteiger partial charge in [0.25, 0.3) is 0 Å². The number of ether oxygens (including phenoxy) is 1. The lowest BCUT2D eigenvalue weighted by molar-refractivity contribution is -0.000910. The minimum Gasteiger partial charge on any atom is -0.467 e. The fourth-order valence-electron chi connectivity index (χ4n) is 2.58. The Morgan fingerprint density at radius 2 is 2.26 bits per heavy atom. The summed E-state index contributed by atoms with van der Waals surface area (Å²) in [5, 5.41) is 13.5. The van der Waals surface area contributed by atoms with Gasteiger partial charge in [-0.15, -0.1) is 0 Å². The molecule has 1 saturated carbocycles. The number of nitrogen functional groups attached to an aromatic ring is 1. The molecule has 7 heteroatoms. The molecule has 1 heterocycles. The van der Waals surface area contributed by atoms with Crippen molar-refractivity contribution in [3.05, 3.63) is 0 Å². The Bertz CT molecular complexity index is 442. The summed E-state index contributed by atoms with van der Waals surface area (Å²) >= 11 is 0. The maximum atomic E-state index is 10.5. The normalized spacial score (nSPS) is 27.0. The quantitative estimate of drug-likeness (QED) is 0.741. The van der Waals surface area contributed by atoms with E-state index in [2.05, 4.69) is 27.2 Å². The zero-order valence-electron chi connectivity index (χ0n) is 11.4. The van der Waals surface area contributed by atoms with Gasteiger partial charge in [-0.2, -0.15) is 15.0 Å². The molecule has 1 aromatic rings. The number of nitrogens with two attached hydrogens (primary N) is 1. The number of nitrogens with one attached hydrogen (secondary N) is 1. The first-order chi connectivity index (χ1) is 9.00. The molecule has 0 amide bonds. The molecule has 0 aromatic carbocycles. The maximum Gasteiger partial charge on any atom is 0.322 e. The van der Waals surface area contributed by atoms with Crippen LogP contribution in [0.15, 0.2) is 0 Å². The number of hydrogen-bond acceptors (Lipinski definition) is 7. The van der Waals surface area contributed by atoms with Gasteiger partial charge in [0, 0.05) is 6.54 Å². The summed E-state index contributed by atoms with van der Waals surface area (Å²) in [6, 6.07) is 0.166. The summed E-state index contributed by atoms with van der Waals surface area (Å²) < 4.78 is 4.92. The first kappa shape index (κ1) is 13.8. The maximum absolute atomic E-state index is 10.5. The molecule has 1 aliphatic rings. The van der Waals surface area contributed by atoms with Crippen LogP contribution in [-0.2, 0) is 0 Å². The lowest BCUT2D eigenvalue weighted by atomic mass is 9.79. The molecule has 0 spiro atoms. The minimum absolute atomic E-state index is 0.0957. The molecule has 0 saturated heterocycles. The SMILES string of the molecule is COc1nc(N)nc(NCC2(O)CCCC(C)C2)n1. The fourth-order valence-corrected chi connectivity index (χ4v) is 2.58. The highest BCUT2D eigenvalue weighted by atomic mass is 16.5. The van der Waals surface area contributed by atoms with Crippen LogP contribution in [0.1, 0.15) is 32.6 Å². The number of hydrogen-bond donors (Lipinski definition) is 3. The summed E-state index contributed by atoms with van der Waals surface area (Å²) in [6.07, 6.45) is 3.80. The summed E-state index contributed by atoms with van der Waals surface area (Å²) in [5.74, 6) is 0.966. The zero-order chi connectivity index (χ0) is 13.9. The van der Waals surface area contributed by atoms with Gasteiger partial charge in [-0.3, -0.25) is 0 Å². The van der Waals surface area contributed by atoms with E-state index in [1.807, 2.05) is 0 Å². The Kier molecular flexibility index (Phi) is 4.04. The van der Waals surface area contributed by atoms with Crippen molar-refractivity contribution in [2.24, 2.45) is 5.92 Å². The van der Waals surface area contributed by atoms with Crippen molar-refractivity contribution < 1.29 is 9.84 Å². The van der Waals surface area contributed by atoms with Crippen molar-refractivity contribution in [3.63, 3.8) is 0 Å². The van der Waals surface area contributed by atoms with Crippen LogP contribution in [0.3, 0.4) is 0 Å². The lowest BCUT2D eigenvalue weighted by Gasteiger charge is -2.35. The Labute approximate surface area is 112 Å². The molecule has 2 atom stereocenters. The lowest BCUT2D eigenvalue weighted by Crippen LogP contribution is -2.41. The van der Waals surface area contributed by atoms with Crippen LogP contribution < -0.4 is 15.8 Å². The molecule has 0 aliphatic heterocycles. The monoisotopic (exact) mass is 267 g/mol. The van der Waals surface area contributed by atoms with Crippen LogP contribution in [0.2, 0.25) is 0 Å². The average Bonchev–Trinajstić information content (AvgIpc) is 2.35. The van der Waals surface area contributed by atoms with Crippen LogP contribution in [0, 0.1) is 5.92 Å². The molecule has 19 heavy (non-hydrogen) atoms. The largest absolute Gasteiger partial charge is 0.467 e. The highest BCUT2D eigenvalue weighted by Crippen LogP contribution is 2.32. The molecule has 7 nitrogen and oxygen atoms in total. The molecule has 106 valence electrons. The molecule has 1 aliphatic carbocycles. The second-order valence-corrected chi connectivity index (χ2v) is 5.28. The van der Waals surface area contributed by atoms with Gasteiger partial charge >= 0.3 is 6.01 Å². The standard InChI is InChI=1S/C12H21N5O2/c1-8-4-3-5-12(18,6-8)7-14-10-15-9(13)16-11(17-10)19-2/h8,18H,3-7H2,1-2H3,(H3,13,14,15,16,17). The Hall–Kier alpha value is -1.63. The Morgan fingerprint density at radius 1 is 1.47 bits per heavy atom. The van der Waals surface area contributed by atoms with E-state index in [0.717, 1.165) is 19.3 Å². The second kappa shape index (κ2) is 5.56. The van der Waals surface area contributed by atoms with E-state index in [4.69, 9.17) is 10.5 Å². The molecule has 1 fully saturated rings. The predicted octanol–water partition coefficient (Wildman–Crippen LogP) is 0.815. The van der Waals surface area contributed by atoms with Crippen LogP contribution in [0.25, 0.3) is 0 Å². The van der Waals surface area contributed by atoms with Gasteiger partial charge in [-0.25, -0.2) is 0 Å². The van der Waals surface area contributed by atoms with E-state index >= 15 is 0 Å². The topological polar surface area (TPSA) is 106 Å². The highest BCUT2D eigenvalue weighted by Gasteiger charge is 2.32. The first-order valence-corrected chi connectivity index (χ1v) is 6.52.